The van der Waals surface area contributed by atoms with Gasteiger partial charge in [0.2, 0.25) is 0 Å². The smallest absolute Gasteiger partial charge is 0.406 e. The van der Waals surface area contributed by atoms with Crippen LogP contribution in [0.5, 0.6) is 5.75 Å². The summed E-state index contributed by atoms with van der Waals surface area (Å²) in [6.45, 7) is 0.723. The molecule has 1 aliphatic carbocycles. The molecule has 1 amide bonds. The number of pyridine rings is 1. The fraction of sp³-hybridized carbons (Fsp3) is 0.440. The third-order valence-electron chi connectivity index (χ3n) is 7.16. The van der Waals surface area contributed by atoms with E-state index in [2.05, 4.69) is 14.7 Å². The van der Waals surface area contributed by atoms with Gasteiger partial charge in [-0.2, -0.15) is 0 Å². The molecule has 36 heavy (non-hydrogen) atoms. The molecule has 3 heterocycles. The van der Waals surface area contributed by atoms with E-state index in [1.165, 1.54) is 12.3 Å². The number of aromatic amines is 1. The number of carbonyl (C=O) groups excluding carboxylic acids is 1. The third kappa shape index (κ3) is 4.59. The van der Waals surface area contributed by atoms with Crippen molar-refractivity contribution in [1.29, 1.82) is 0 Å². The second-order valence-corrected chi connectivity index (χ2v) is 9.29. The van der Waals surface area contributed by atoms with Crippen molar-refractivity contribution >= 4 is 22.6 Å². The van der Waals surface area contributed by atoms with Crippen LogP contribution in [-0.2, 0) is 17.6 Å². The summed E-state index contributed by atoms with van der Waals surface area (Å²) in [4.78, 5) is 22.3. The van der Waals surface area contributed by atoms with Gasteiger partial charge in [-0.3, -0.25) is 4.79 Å². The number of hydrogen-bond acceptors (Lipinski definition) is 5. The van der Waals surface area contributed by atoms with Gasteiger partial charge in [0.15, 0.2) is 0 Å². The number of likely N-dealkylation sites (tertiary alicyclic amines) is 1. The van der Waals surface area contributed by atoms with Crippen molar-refractivity contribution in [2.75, 3.05) is 25.9 Å². The number of fused-ring (bicyclic) bond motifs is 3. The average Bonchev–Trinajstić information content (AvgIpc) is 3.20. The molecule has 3 N–H and O–H groups in total. The minimum atomic E-state index is -4.85. The number of methoxy groups -OCH3 is 1. The van der Waals surface area contributed by atoms with Crippen molar-refractivity contribution in [3.63, 3.8) is 0 Å². The SMILES string of the molecule is COC1CCc2[nH]c3ncc(F)c(C4CCN(C(=O)c5ccc(OC(F)(F)F)cc5N)CC4)c3c2C1. The Bertz CT molecular complexity index is 1300. The van der Waals surface area contributed by atoms with Gasteiger partial charge in [0.1, 0.15) is 17.2 Å². The molecule has 1 unspecified atom stereocenters. The van der Waals surface area contributed by atoms with Crippen molar-refractivity contribution in [3.8, 4) is 5.75 Å². The quantitative estimate of drug-likeness (QED) is 0.395. The molecule has 3 aromatic rings. The number of rotatable bonds is 4. The highest BCUT2D eigenvalue weighted by Crippen LogP contribution is 2.39. The van der Waals surface area contributed by atoms with Crippen molar-refractivity contribution in [2.45, 2.75) is 50.5 Å². The van der Waals surface area contributed by atoms with Crippen LogP contribution in [0.15, 0.2) is 24.4 Å². The Labute approximate surface area is 204 Å². The van der Waals surface area contributed by atoms with E-state index >= 15 is 4.39 Å². The van der Waals surface area contributed by atoms with E-state index < -0.39 is 12.1 Å². The van der Waals surface area contributed by atoms with Gasteiger partial charge in [-0.1, -0.05) is 0 Å². The number of alkyl halides is 3. The Morgan fingerprint density at radius 2 is 1.97 bits per heavy atom. The molecule has 1 saturated heterocycles. The molecule has 0 saturated carbocycles. The first-order valence-corrected chi connectivity index (χ1v) is 11.8. The van der Waals surface area contributed by atoms with Gasteiger partial charge in [-0.15, -0.1) is 13.2 Å². The fourth-order valence-electron chi connectivity index (χ4n) is 5.42. The Hall–Kier alpha value is -3.34. The molecule has 0 bridgehead atoms. The molecule has 1 atom stereocenters. The number of benzene rings is 1. The molecule has 1 aliphatic heterocycles. The van der Waals surface area contributed by atoms with Crippen molar-refractivity contribution < 1.29 is 31.8 Å². The van der Waals surface area contributed by atoms with Crippen LogP contribution < -0.4 is 10.5 Å². The number of amides is 1. The number of nitrogens with two attached hydrogens (primary N) is 1. The van der Waals surface area contributed by atoms with Crippen LogP contribution >= 0.6 is 0 Å². The molecular formula is C25H26F4N4O3. The summed E-state index contributed by atoms with van der Waals surface area (Å²) in [5.41, 5.74) is 9.27. The number of carbonyl (C=O) groups is 1. The van der Waals surface area contributed by atoms with Gasteiger partial charge in [0.05, 0.1) is 17.9 Å². The van der Waals surface area contributed by atoms with E-state index in [4.69, 9.17) is 10.5 Å². The van der Waals surface area contributed by atoms with Crippen LogP contribution in [0.25, 0.3) is 11.0 Å². The summed E-state index contributed by atoms with van der Waals surface area (Å²) >= 11 is 0. The standard InChI is InChI=1S/C25H26F4N4O3/c1-35-14-3-5-20-17(10-14)22-21(18(26)12-31-23(22)32-20)13-6-8-33(9-7-13)24(34)16-4-2-15(11-19(16)30)36-25(27,28)29/h2,4,11-14H,3,5-10,30H2,1H3,(H,31,32). The van der Waals surface area contributed by atoms with Gasteiger partial charge < -0.3 is 25.1 Å². The number of halogens is 4. The lowest BCUT2D eigenvalue weighted by molar-refractivity contribution is -0.274. The lowest BCUT2D eigenvalue weighted by Crippen LogP contribution is -2.38. The zero-order valence-electron chi connectivity index (χ0n) is 19.6. The maximum absolute atomic E-state index is 15.2. The lowest BCUT2D eigenvalue weighted by Gasteiger charge is -2.33. The number of ether oxygens (including phenoxy) is 2. The molecule has 2 aromatic heterocycles. The summed E-state index contributed by atoms with van der Waals surface area (Å²) in [7, 11) is 1.68. The van der Waals surface area contributed by atoms with Crippen LogP contribution in [-0.4, -0.2) is 53.4 Å². The second kappa shape index (κ2) is 9.27. The van der Waals surface area contributed by atoms with Crippen LogP contribution in [0.1, 0.15) is 52.4 Å². The number of H-pyrrole nitrogens is 1. The first-order valence-electron chi connectivity index (χ1n) is 11.8. The maximum Gasteiger partial charge on any atom is 0.573 e. The molecule has 1 aromatic carbocycles. The predicted octanol–water partition coefficient (Wildman–Crippen LogP) is 4.71. The highest BCUT2D eigenvalue weighted by atomic mass is 19.4. The monoisotopic (exact) mass is 506 g/mol. The Balaban J connectivity index is 1.35. The van der Waals surface area contributed by atoms with E-state index in [9.17, 15) is 18.0 Å². The number of hydrogen-bond donors (Lipinski definition) is 2. The number of nitrogens with zero attached hydrogens (tertiary/aromatic N) is 2. The number of nitrogens with one attached hydrogen (secondary N) is 1. The highest BCUT2D eigenvalue weighted by Gasteiger charge is 2.33. The molecule has 2 aliphatic rings. The van der Waals surface area contributed by atoms with E-state index in [1.54, 1.807) is 12.0 Å². The van der Waals surface area contributed by atoms with Gasteiger partial charge in [0, 0.05) is 55.0 Å². The zero-order chi connectivity index (χ0) is 25.6. The van der Waals surface area contributed by atoms with Gasteiger partial charge >= 0.3 is 6.36 Å². The van der Waals surface area contributed by atoms with Crippen LogP contribution in [0.4, 0.5) is 23.2 Å². The van der Waals surface area contributed by atoms with E-state index in [1.807, 2.05) is 0 Å². The first kappa shape index (κ1) is 24.4. The number of aromatic nitrogens is 2. The minimum absolute atomic E-state index is 0.0745. The van der Waals surface area contributed by atoms with Gasteiger partial charge in [-0.05, 0) is 49.3 Å². The summed E-state index contributed by atoms with van der Waals surface area (Å²) in [5, 5.41) is 0.820. The third-order valence-corrected chi connectivity index (χ3v) is 7.16. The lowest BCUT2D eigenvalue weighted by atomic mass is 9.84. The number of aryl methyl sites for hydroxylation is 1. The Morgan fingerprint density at radius 1 is 1.22 bits per heavy atom. The maximum atomic E-state index is 15.2. The summed E-state index contributed by atoms with van der Waals surface area (Å²) in [5.74, 6) is -1.34. The van der Waals surface area contributed by atoms with Crippen molar-refractivity contribution in [3.05, 3.63) is 52.6 Å². The minimum Gasteiger partial charge on any atom is -0.406 e. The largest absolute Gasteiger partial charge is 0.573 e. The highest BCUT2D eigenvalue weighted by molar-refractivity contribution is 5.99. The van der Waals surface area contributed by atoms with Gasteiger partial charge in [0.25, 0.3) is 5.91 Å². The average molecular weight is 507 g/mol. The summed E-state index contributed by atoms with van der Waals surface area (Å²) in [6.07, 6.45) is -0.0741. The Morgan fingerprint density at radius 3 is 2.64 bits per heavy atom. The van der Waals surface area contributed by atoms with E-state index in [-0.39, 0.29) is 35.0 Å². The van der Waals surface area contributed by atoms with Crippen molar-refractivity contribution in [1.82, 2.24) is 14.9 Å². The molecule has 7 nitrogen and oxygen atoms in total. The fourth-order valence-corrected chi connectivity index (χ4v) is 5.42. The zero-order valence-corrected chi connectivity index (χ0v) is 19.6. The molecular weight excluding hydrogens is 480 g/mol. The predicted molar refractivity (Wildman–Crippen MR) is 124 cm³/mol. The normalized spacial score (nSPS) is 18.9. The number of piperidine rings is 1. The molecule has 0 radical (unpaired) electrons. The van der Waals surface area contributed by atoms with E-state index in [0.29, 0.717) is 43.6 Å². The van der Waals surface area contributed by atoms with Crippen LogP contribution in [0.3, 0.4) is 0 Å². The second-order valence-electron chi connectivity index (χ2n) is 9.29. The molecule has 192 valence electrons. The van der Waals surface area contributed by atoms with E-state index in [0.717, 1.165) is 41.6 Å². The summed E-state index contributed by atoms with van der Waals surface area (Å²) in [6, 6.07) is 3.28. The Kier molecular flexibility index (Phi) is 6.27. The number of nitrogen functional groups attached to an aromatic ring is 1. The number of anilines is 1. The first-order chi connectivity index (χ1) is 17.1. The molecule has 1 fully saturated rings. The van der Waals surface area contributed by atoms with Crippen LogP contribution in [0.2, 0.25) is 0 Å². The topological polar surface area (TPSA) is 93.5 Å². The summed E-state index contributed by atoms with van der Waals surface area (Å²) < 4.78 is 62.0. The molecule has 5 rings (SSSR count). The van der Waals surface area contributed by atoms with Gasteiger partial charge in [-0.25, -0.2) is 9.37 Å². The molecule has 11 heteroatoms. The molecule has 0 spiro atoms. The van der Waals surface area contributed by atoms with Crippen molar-refractivity contribution in [2.24, 2.45) is 0 Å². The van der Waals surface area contributed by atoms with Crippen LogP contribution in [0, 0.1) is 5.82 Å².